The van der Waals surface area contributed by atoms with Gasteiger partial charge in [-0.25, -0.2) is 9.78 Å². The van der Waals surface area contributed by atoms with E-state index < -0.39 is 23.5 Å². The SMILES string of the molecule is O=C(C=Cc1ccccc1)Nc1cnc2n(c1=O)C(C(=O)O)CC2. The van der Waals surface area contributed by atoms with Crippen LogP contribution in [0.5, 0.6) is 0 Å². The number of amides is 1. The van der Waals surface area contributed by atoms with Gasteiger partial charge in [-0.3, -0.25) is 14.2 Å². The number of nitrogens with one attached hydrogen (secondary N) is 1. The summed E-state index contributed by atoms with van der Waals surface area (Å²) in [4.78, 5) is 39.7. The van der Waals surface area contributed by atoms with Crippen LogP contribution in [-0.4, -0.2) is 26.5 Å². The quantitative estimate of drug-likeness (QED) is 0.829. The fourth-order valence-corrected chi connectivity index (χ4v) is 2.63. The van der Waals surface area contributed by atoms with Crippen LogP contribution in [0.3, 0.4) is 0 Å². The van der Waals surface area contributed by atoms with Crippen molar-refractivity contribution in [1.29, 1.82) is 0 Å². The first-order chi connectivity index (χ1) is 11.6. The van der Waals surface area contributed by atoms with E-state index in [1.165, 1.54) is 12.3 Å². The van der Waals surface area contributed by atoms with E-state index in [-0.39, 0.29) is 5.69 Å². The molecule has 1 aromatic heterocycles. The molecule has 0 radical (unpaired) electrons. The third-order valence-corrected chi connectivity index (χ3v) is 3.79. The lowest BCUT2D eigenvalue weighted by Gasteiger charge is -2.11. The molecule has 2 aromatic rings. The van der Waals surface area contributed by atoms with Crippen molar-refractivity contribution in [2.75, 3.05) is 5.32 Å². The summed E-state index contributed by atoms with van der Waals surface area (Å²) in [5.74, 6) is -1.14. The molecule has 2 N–H and O–H groups in total. The number of carboxylic acid groups (broad SMARTS) is 1. The summed E-state index contributed by atoms with van der Waals surface area (Å²) < 4.78 is 1.14. The molecule has 0 spiro atoms. The minimum Gasteiger partial charge on any atom is -0.480 e. The second kappa shape index (κ2) is 6.49. The number of hydrogen-bond donors (Lipinski definition) is 2. The fraction of sp³-hybridized carbons (Fsp3) is 0.176. The smallest absolute Gasteiger partial charge is 0.326 e. The van der Waals surface area contributed by atoms with Crippen LogP contribution >= 0.6 is 0 Å². The van der Waals surface area contributed by atoms with Crippen molar-refractivity contribution >= 4 is 23.6 Å². The monoisotopic (exact) mass is 325 g/mol. The van der Waals surface area contributed by atoms with Crippen LogP contribution < -0.4 is 10.9 Å². The molecule has 7 nitrogen and oxygen atoms in total. The zero-order chi connectivity index (χ0) is 17.1. The highest BCUT2D eigenvalue weighted by Gasteiger charge is 2.30. The highest BCUT2D eigenvalue weighted by Crippen LogP contribution is 2.22. The Morgan fingerprint density at radius 2 is 2.04 bits per heavy atom. The van der Waals surface area contributed by atoms with E-state index in [1.54, 1.807) is 6.08 Å². The molecule has 1 unspecified atom stereocenters. The minimum absolute atomic E-state index is 0.0328. The van der Waals surface area contributed by atoms with Gasteiger partial charge in [0.2, 0.25) is 5.91 Å². The number of carboxylic acids is 1. The Balaban J connectivity index is 1.80. The number of anilines is 1. The largest absolute Gasteiger partial charge is 0.480 e. The Bertz CT molecular complexity index is 871. The van der Waals surface area contributed by atoms with Gasteiger partial charge >= 0.3 is 5.97 Å². The standard InChI is InChI=1S/C17H15N3O4/c21-15(9-6-11-4-2-1-3-5-11)19-12-10-18-14-8-7-13(17(23)24)20(14)16(12)22/h1-6,9-10,13H,7-8H2,(H,19,21)(H,23,24). The summed E-state index contributed by atoms with van der Waals surface area (Å²) in [5, 5.41) is 11.6. The molecule has 0 fully saturated rings. The number of aromatic nitrogens is 2. The van der Waals surface area contributed by atoms with Crippen LogP contribution in [0.2, 0.25) is 0 Å². The fourth-order valence-electron chi connectivity index (χ4n) is 2.63. The first kappa shape index (κ1) is 15.7. The van der Waals surface area contributed by atoms with E-state index in [4.69, 9.17) is 0 Å². The lowest BCUT2D eigenvalue weighted by molar-refractivity contribution is -0.140. The van der Waals surface area contributed by atoms with Crippen LogP contribution in [0.25, 0.3) is 6.08 Å². The number of carbonyl (C=O) groups is 2. The van der Waals surface area contributed by atoms with Crippen LogP contribution in [0.1, 0.15) is 23.9 Å². The van der Waals surface area contributed by atoms with E-state index in [0.29, 0.717) is 18.7 Å². The zero-order valence-corrected chi connectivity index (χ0v) is 12.7. The molecular weight excluding hydrogens is 310 g/mol. The van der Waals surface area contributed by atoms with Crippen molar-refractivity contribution in [1.82, 2.24) is 9.55 Å². The number of hydrogen-bond acceptors (Lipinski definition) is 4. The second-order valence-corrected chi connectivity index (χ2v) is 5.39. The van der Waals surface area contributed by atoms with Crippen LogP contribution in [-0.2, 0) is 16.0 Å². The molecule has 1 aromatic carbocycles. The van der Waals surface area contributed by atoms with Crippen molar-refractivity contribution in [2.45, 2.75) is 18.9 Å². The maximum atomic E-state index is 12.4. The van der Waals surface area contributed by atoms with Gasteiger partial charge in [0, 0.05) is 12.5 Å². The van der Waals surface area contributed by atoms with Gasteiger partial charge < -0.3 is 10.4 Å². The number of aryl methyl sites for hydroxylation is 1. The number of aliphatic carboxylic acids is 1. The number of fused-ring (bicyclic) bond motifs is 1. The predicted octanol–water partition coefficient (Wildman–Crippen LogP) is 1.47. The lowest BCUT2D eigenvalue weighted by Crippen LogP contribution is -2.31. The van der Waals surface area contributed by atoms with Gasteiger partial charge in [-0.05, 0) is 18.1 Å². The number of benzene rings is 1. The highest BCUT2D eigenvalue weighted by atomic mass is 16.4. The van der Waals surface area contributed by atoms with E-state index in [1.807, 2.05) is 30.3 Å². The zero-order valence-electron chi connectivity index (χ0n) is 12.7. The molecular formula is C17H15N3O4. The van der Waals surface area contributed by atoms with E-state index in [9.17, 15) is 19.5 Å². The summed E-state index contributed by atoms with van der Waals surface area (Å²) in [7, 11) is 0. The van der Waals surface area contributed by atoms with Gasteiger partial charge in [0.1, 0.15) is 17.6 Å². The average Bonchev–Trinajstić information content (AvgIpc) is 3.02. The molecule has 1 amide bonds. The minimum atomic E-state index is -1.08. The summed E-state index contributed by atoms with van der Waals surface area (Å²) in [6.45, 7) is 0. The highest BCUT2D eigenvalue weighted by molar-refractivity contribution is 6.01. The molecule has 24 heavy (non-hydrogen) atoms. The van der Waals surface area contributed by atoms with Crippen molar-refractivity contribution < 1.29 is 14.7 Å². The van der Waals surface area contributed by atoms with Crippen molar-refractivity contribution in [3.05, 3.63) is 64.3 Å². The molecule has 3 rings (SSSR count). The Hall–Kier alpha value is -3.22. The predicted molar refractivity (Wildman–Crippen MR) is 87.6 cm³/mol. The maximum Gasteiger partial charge on any atom is 0.326 e. The molecule has 0 saturated carbocycles. The Labute approximate surface area is 137 Å². The van der Waals surface area contributed by atoms with Gasteiger partial charge in [0.15, 0.2) is 0 Å². The first-order valence-corrected chi connectivity index (χ1v) is 7.43. The van der Waals surface area contributed by atoms with Gasteiger partial charge in [-0.1, -0.05) is 30.3 Å². The summed E-state index contributed by atoms with van der Waals surface area (Å²) in [6.07, 6.45) is 4.94. The second-order valence-electron chi connectivity index (χ2n) is 5.39. The molecule has 1 atom stereocenters. The third kappa shape index (κ3) is 3.10. The molecule has 7 heteroatoms. The van der Waals surface area contributed by atoms with Crippen LogP contribution in [0, 0.1) is 0 Å². The van der Waals surface area contributed by atoms with E-state index >= 15 is 0 Å². The Kier molecular flexibility index (Phi) is 4.24. The van der Waals surface area contributed by atoms with Crippen molar-refractivity contribution in [3.63, 3.8) is 0 Å². The van der Waals surface area contributed by atoms with Crippen LogP contribution in [0.15, 0.2) is 47.4 Å². The normalized spacial score (nSPS) is 16.1. The summed E-state index contributed by atoms with van der Waals surface area (Å²) in [6, 6.07) is 8.31. The average molecular weight is 325 g/mol. The van der Waals surface area contributed by atoms with Crippen molar-refractivity contribution in [3.8, 4) is 0 Å². The molecule has 122 valence electrons. The molecule has 0 bridgehead atoms. The topological polar surface area (TPSA) is 101 Å². The van der Waals surface area contributed by atoms with Gasteiger partial charge in [-0.2, -0.15) is 0 Å². The Morgan fingerprint density at radius 3 is 2.75 bits per heavy atom. The number of carbonyl (C=O) groups excluding carboxylic acids is 1. The lowest BCUT2D eigenvalue weighted by atomic mass is 10.2. The first-order valence-electron chi connectivity index (χ1n) is 7.43. The molecule has 0 aliphatic carbocycles. The van der Waals surface area contributed by atoms with Crippen LogP contribution in [0.4, 0.5) is 5.69 Å². The maximum absolute atomic E-state index is 12.4. The number of nitrogens with zero attached hydrogens (tertiary/aromatic N) is 2. The molecule has 1 aliphatic heterocycles. The van der Waals surface area contributed by atoms with Gasteiger partial charge in [0.05, 0.1) is 6.20 Å². The summed E-state index contributed by atoms with van der Waals surface area (Å²) in [5.41, 5.74) is 0.267. The molecule has 2 heterocycles. The van der Waals surface area contributed by atoms with Gasteiger partial charge in [0.25, 0.3) is 5.56 Å². The van der Waals surface area contributed by atoms with Crippen molar-refractivity contribution in [2.24, 2.45) is 0 Å². The summed E-state index contributed by atoms with van der Waals surface area (Å²) >= 11 is 0. The molecule has 0 saturated heterocycles. The Morgan fingerprint density at radius 1 is 1.29 bits per heavy atom. The number of rotatable bonds is 4. The van der Waals surface area contributed by atoms with Gasteiger partial charge in [-0.15, -0.1) is 0 Å². The third-order valence-electron chi connectivity index (χ3n) is 3.79. The van der Waals surface area contributed by atoms with E-state index in [0.717, 1.165) is 10.1 Å². The molecule has 1 aliphatic rings. The van der Waals surface area contributed by atoms with E-state index in [2.05, 4.69) is 10.3 Å².